The monoisotopic (exact) mass is 301 g/mol. The molecule has 0 fully saturated rings. The van der Waals surface area contributed by atoms with E-state index < -0.39 is 6.10 Å². The topological polar surface area (TPSA) is 87.7 Å². The molecule has 0 aliphatic heterocycles. The molecule has 2 heterocycles. The molecule has 0 radical (unpaired) electrons. The molecule has 2 aromatic heterocycles. The molecule has 0 bridgehead atoms. The third-order valence-corrected chi connectivity index (χ3v) is 4.59. The molecule has 0 aromatic carbocycles. The van der Waals surface area contributed by atoms with E-state index in [4.69, 9.17) is 5.11 Å². The largest absolute Gasteiger partial charge is 0.394 e. The molecule has 0 amide bonds. The first-order valence-corrected chi connectivity index (χ1v) is 7.86. The average molecular weight is 301 g/mol. The molecule has 0 saturated heterocycles. The van der Waals surface area contributed by atoms with Crippen molar-refractivity contribution >= 4 is 28.1 Å². The van der Waals surface area contributed by atoms with Crippen LogP contribution in [0.25, 0.3) is 4.96 Å². The Bertz CT molecular complexity index is 611. The summed E-state index contributed by atoms with van der Waals surface area (Å²) < 4.78 is 1.32. The first kappa shape index (κ1) is 14.4. The number of aryl methyl sites for hydroxylation is 1. The molecule has 1 unspecified atom stereocenters. The third kappa shape index (κ3) is 3.53. The lowest BCUT2D eigenvalue weighted by Crippen LogP contribution is -2.16. The standard InChI is InChI=1S/C11H15N3O3S2/c1-2-9-13-14-10(17)3-7(12-11(14)19-9)5-18-6-8(16)4-15/h3,8,15-16H,2,4-6H2,1H3. The lowest BCUT2D eigenvalue weighted by Gasteiger charge is -2.05. The van der Waals surface area contributed by atoms with Gasteiger partial charge in [-0.15, -0.1) is 0 Å². The van der Waals surface area contributed by atoms with E-state index in [1.165, 1.54) is 33.7 Å². The smallest absolute Gasteiger partial charge is 0.275 e. The van der Waals surface area contributed by atoms with Gasteiger partial charge in [0, 0.05) is 17.6 Å². The van der Waals surface area contributed by atoms with Crippen molar-refractivity contribution in [2.24, 2.45) is 0 Å². The Kier molecular flexibility index (Phi) is 4.92. The zero-order valence-electron chi connectivity index (χ0n) is 10.4. The van der Waals surface area contributed by atoms with Crippen LogP contribution in [0.1, 0.15) is 17.6 Å². The second kappa shape index (κ2) is 6.47. The average Bonchev–Trinajstić information content (AvgIpc) is 2.82. The van der Waals surface area contributed by atoms with Crippen LogP contribution in [0.2, 0.25) is 0 Å². The van der Waals surface area contributed by atoms with Crippen molar-refractivity contribution in [3.8, 4) is 0 Å². The van der Waals surface area contributed by atoms with Crippen molar-refractivity contribution in [2.75, 3.05) is 12.4 Å². The van der Waals surface area contributed by atoms with Crippen LogP contribution >= 0.6 is 23.1 Å². The third-order valence-electron chi connectivity index (χ3n) is 2.41. The second-order valence-electron chi connectivity index (χ2n) is 3.98. The Balaban J connectivity index is 2.14. The minimum Gasteiger partial charge on any atom is -0.394 e. The summed E-state index contributed by atoms with van der Waals surface area (Å²) >= 11 is 2.84. The first-order valence-electron chi connectivity index (χ1n) is 5.89. The van der Waals surface area contributed by atoms with Gasteiger partial charge in [-0.1, -0.05) is 18.3 Å². The van der Waals surface area contributed by atoms with Crippen molar-refractivity contribution in [2.45, 2.75) is 25.2 Å². The Morgan fingerprint density at radius 1 is 1.58 bits per heavy atom. The van der Waals surface area contributed by atoms with Crippen LogP contribution in [0.4, 0.5) is 0 Å². The maximum absolute atomic E-state index is 11.9. The zero-order chi connectivity index (χ0) is 13.8. The van der Waals surface area contributed by atoms with Gasteiger partial charge >= 0.3 is 0 Å². The quantitative estimate of drug-likeness (QED) is 0.798. The number of hydrogen-bond acceptors (Lipinski definition) is 7. The highest BCUT2D eigenvalue weighted by molar-refractivity contribution is 7.98. The Morgan fingerprint density at radius 3 is 3.05 bits per heavy atom. The lowest BCUT2D eigenvalue weighted by molar-refractivity contribution is 0.113. The van der Waals surface area contributed by atoms with Gasteiger partial charge in [-0.3, -0.25) is 4.79 Å². The summed E-state index contributed by atoms with van der Waals surface area (Å²) in [5, 5.41) is 23.0. The molecule has 1 atom stereocenters. The molecule has 2 N–H and O–H groups in total. The lowest BCUT2D eigenvalue weighted by atomic mass is 10.4. The number of nitrogens with zero attached hydrogens (tertiary/aromatic N) is 3. The number of fused-ring (bicyclic) bond motifs is 1. The van der Waals surface area contributed by atoms with E-state index in [0.717, 1.165) is 11.4 Å². The van der Waals surface area contributed by atoms with Gasteiger partial charge in [0.2, 0.25) is 4.96 Å². The Labute approximate surface area is 118 Å². The predicted octanol–water partition coefficient (Wildman–Crippen LogP) is 0.300. The Morgan fingerprint density at radius 2 is 2.37 bits per heavy atom. The maximum Gasteiger partial charge on any atom is 0.275 e. The fourth-order valence-electron chi connectivity index (χ4n) is 1.46. The maximum atomic E-state index is 11.9. The minimum absolute atomic E-state index is 0.181. The highest BCUT2D eigenvalue weighted by Crippen LogP contribution is 2.15. The summed E-state index contributed by atoms with van der Waals surface area (Å²) in [5.41, 5.74) is 0.491. The van der Waals surface area contributed by atoms with Crippen molar-refractivity contribution in [1.29, 1.82) is 0 Å². The van der Waals surface area contributed by atoms with Gasteiger partial charge in [0.15, 0.2) is 0 Å². The van der Waals surface area contributed by atoms with Gasteiger partial charge in [0.25, 0.3) is 5.56 Å². The number of hydrogen-bond donors (Lipinski definition) is 2. The van der Waals surface area contributed by atoms with E-state index in [-0.39, 0.29) is 12.2 Å². The fourth-order valence-corrected chi connectivity index (χ4v) is 3.17. The molecule has 2 aromatic rings. The van der Waals surface area contributed by atoms with Crippen molar-refractivity contribution in [3.05, 3.63) is 27.1 Å². The summed E-state index contributed by atoms with van der Waals surface area (Å²) in [5.74, 6) is 0.947. The summed E-state index contributed by atoms with van der Waals surface area (Å²) in [4.78, 5) is 16.8. The predicted molar refractivity (Wildman–Crippen MR) is 75.8 cm³/mol. The summed E-state index contributed by atoms with van der Waals surface area (Å²) in [6, 6.07) is 1.46. The molecule has 6 nitrogen and oxygen atoms in total. The van der Waals surface area contributed by atoms with Gasteiger partial charge in [-0.25, -0.2) is 4.98 Å². The number of aliphatic hydroxyl groups excluding tert-OH is 2. The van der Waals surface area contributed by atoms with Gasteiger partial charge in [0.05, 0.1) is 18.4 Å². The molecule has 0 aliphatic rings. The van der Waals surface area contributed by atoms with E-state index in [9.17, 15) is 9.90 Å². The molecular formula is C11H15N3O3S2. The number of aliphatic hydroxyl groups is 2. The normalized spacial score (nSPS) is 13.0. The van der Waals surface area contributed by atoms with E-state index in [1.54, 1.807) is 0 Å². The minimum atomic E-state index is -0.732. The highest BCUT2D eigenvalue weighted by atomic mass is 32.2. The van der Waals surface area contributed by atoms with Crippen LogP contribution in [0, 0.1) is 0 Å². The van der Waals surface area contributed by atoms with E-state index in [2.05, 4.69) is 10.1 Å². The van der Waals surface area contributed by atoms with Crippen LogP contribution in [0.5, 0.6) is 0 Å². The number of thioether (sulfide) groups is 1. The van der Waals surface area contributed by atoms with E-state index >= 15 is 0 Å². The molecule has 0 spiro atoms. The molecule has 8 heteroatoms. The van der Waals surface area contributed by atoms with Gasteiger partial charge < -0.3 is 10.2 Å². The van der Waals surface area contributed by atoms with Crippen molar-refractivity contribution < 1.29 is 10.2 Å². The summed E-state index contributed by atoms with van der Waals surface area (Å²) in [6.45, 7) is 1.73. The number of aromatic nitrogens is 3. The van der Waals surface area contributed by atoms with E-state index in [1.807, 2.05) is 6.92 Å². The molecule has 2 rings (SSSR count). The molecule has 0 aliphatic carbocycles. The Hall–Kier alpha value is -0.960. The van der Waals surface area contributed by atoms with Crippen molar-refractivity contribution in [1.82, 2.24) is 14.6 Å². The van der Waals surface area contributed by atoms with E-state index in [0.29, 0.717) is 22.2 Å². The van der Waals surface area contributed by atoms with Gasteiger partial charge in [0.1, 0.15) is 5.01 Å². The summed E-state index contributed by atoms with van der Waals surface area (Å²) in [7, 11) is 0. The molecule has 19 heavy (non-hydrogen) atoms. The van der Waals surface area contributed by atoms with Gasteiger partial charge in [-0.2, -0.15) is 21.4 Å². The molecule has 104 valence electrons. The molecular weight excluding hydrogens is 286 g/mol. The zero-order valence-corrected chi connectivity index (χ0v) is 12.1. The fraction of sp³-hybridized carbons (Fsp3) is 0.545. The first-order chi connectivity index (χ1) is 9.13. The highest BCUT2D eigenvalue weighted by Gasteiger charge is 2.09. The second-order valence-corrected chi connectivity index (χ2v) is 6.05. The van der Waals surface area contributed by atoms with Crippen molar-refractivity contribution in [3.63, 3.8) is 0 Å². The van der Waals surface area contributed by atoms with Crippen LogP contribution in [-0.4, -0.2) is 43.3 Å². The van der Waals surface area contributed by atoms with Gasteiger partial charge in [-0.05, 0) is 6.42 Å². The van der Waals surface area contributed by atoms with Crippen LogP contribution in [0.15, 0.2) is 10.9 Å². The SMILES string of the molecule is CCc1nn2c(=O)cc(CSCC(O)CO)nc2s1. The summed E-state index contributed by atoms with van der Waals surface area (Å²) in [6.07, 6.45) is 0.0465. The number of rotatable bonds is 6. The van der Waals surface area contributed by atoms with Crippen LogP contribution in [-0.2, 0) is 12.2 Å². The molecule has 0 saturated carbocycles. The van der Waals surface area contributed by atoms with Crippen LogP contribution in [0.3, 0.4) is 0 Å². The van der Waals surface area contributed by atoms with Crippen LogP contribution < -0.4 is 5.56 Å².